The molecule has 0 aromatic heterocycles. The van der Waals surface area contributed by atoms with Gasteiger partial charge in [0.2, 0.25) is 0 Å². The van der Waals surface area contributed by atoms with Crippen molar-refractivity contribution in [2.24, 2.45) is 5.92 Å². The molecular weight excluding hydrogens is 160 g/mol. The van der Waals surface area contributed by atoms with E-state index in [1.165, 1.54) is 7.11 Å². The Kier molecular flexibility index (Phi) is 3.49. The minimum Gasteiger partial charge on any atom is -0.467 e. The van der Waals surface area contributed by atoms with E-state index in [1.54, 1.807) is 7.11 Å². The average molecular weight is 174 g/mol. The Morgan fingerprint density at radius 2 is 2.33 bits per heavy atom. The molecule has 0 amide bonds. The summed E-state index contributed by atoms with van der Waals surface area (Å²) in [7, 11) is 2.99. The second-order valence-corrected chi connectivity index (χ2v) is 2.82. The summed E-state index contributed by atoms with van der Waals surface area (Å²) < 4.78 is 14.8. The summed E-state index contributed by atoms with van der Waals surface area (Å²) in [6.07, 6.45) is 0.447. The Bertz CT molecular complexity index is 157. The Hall–Kier alpha value is -0.610. The Balaban J connectivity index is 2.45. The van der Waals surface area contributed by atoms with Gasteiger partial charge in [-0.3, -0.25) is 0 Å². The molecule has 4 nitrogen and oxygen atoms in total. The number of carbonyl (C=O) groups is 1. The van der Waals surface area contributed by atoms with Gasteiger partial charge >= 0.3 is 5.97 Å². The van der Waals surface area contributed by atoms with Crippen LogP contribution in [0.4, 0.5) is 0 Å². The average Bonchev–Trinajstić information content (AvgIpc) is 2.52. The molecule has 0 unspecified atom stereocenters. The molecule has 0 bridgehead atoms. The second-order valence-electron chi connectivity index (χ2n) is 2.82. The Morgan fingerprint density at radius 1 is 1.58 bits per heavy atom. The molecule has 0 radical (unpaired) electrons. The topological polar surface area (TPSA) is 44.8 Å². The quantitative estimate of drug-likeness (QED) is 0.574. The molecule has 4 heteroatoms. The molecule has 1 aliphatic heterocycles. The second kappa shape index (κ2) is 4.42. The highest BCUT2D eigenvalue weighted by molar-refractivity contribution is 5.75. The molecule has 1 fully saturated rings. The molecule has 0 spiro atoms. The van der Waals surface area contributed by atoms with Crippen molar-refractivity contribution < 1.29 is 19.0 Å². The van der Waals surface area contributed by atoms with Gasteiger partial charge in [0.15, 0.2) is 6.10 Å². The number of rotatable bonds is 3. The lowest BCUT2D eigenvalue weighted by molar-refractivity contribution is -0.153. The molecule has 0 N–H and O–H groups in total. The zero-order valence-corrected chi connectivity index (χ0v) is 7.41. The van der Waals surface area contributed by atoms with Crippen molar-refractivity contribution in [2.45, 2.75) is 12.5 Å². The third kappa shape index (κ3) is 1.95. The van der Waals surface area contributed by atoms with Gasteiger partial charge in [0.05, 0.1) is 13.7 Å². The maximum atomic E-state index is 11.1. The standard InChI is InChI=1S/C8H14O4/c1-10-5-6-3-4-12-7(6)8(9)11-2/h6-7H,3-5H2,1-2H3/t6-,7-/m1/s1. The van der Waals surface area contributed by atoms with Crippen molar-refractivity contribution in [3.8, 4) is 0 Å². The van der Waals surface area contributed by atoms with E-state index in [-0.39, 0.29) is 11.9 Å². The highest BCUT2D eigenvalue weighted by atomic mass is 16.6. The maximum Gasteiger partial charge on any atom is 0.335 e. The van der Waals surface area contributed by atoms with Gasteiger partial charge in [0, 0.05) is 19.6 Å². The van der Waals surface area contributed by atoms with Crippen molar-refractivity contribution in [3.05, 3.63) is 0 Å². The monoisotopic (exact) mass is 174 g/mol. The summed E-state index contributed by atoms with van der Waals surface area (Å²) in [5, 5.41) is 0. The fourth-order valence-corrected chi connectivity index (χ4v) is 1.40. The zero-order valence-electron chi connectivity index (χ0n) is 7.41. The molecule has 1 saturated heterocycles. The van der Waals surface area contributed by atoms with Crippen LogP contribution in [-0.2, 0) is 19.0 Å². The summed E-state index contributed by atoms with van der Waals surface area (Å²) in [5.74, 6) is -0.142. The van der Waals surface area contributed by atoms with Crippen LogP contribution in [0.2, 0.25) is 0 Å². The predicted octanol–water partition coefficient (Wildman–Crippen LogP) is 0.211. The fourth-order valence-electron chi connectivity index (χ4n) is 1.40. The van der Waals surface area contributed by atoms with Crippen molar-refractivity contribution in [1.82, 2.24) is 0 Å². The molecule has 1 heterocycles. The number of hydrogen-bond acceptors (Lipinski definition) is 4. The number of esters is 1. The first-order valence-corrected chi connectivity index (χ1v) is 3.98. The SMILES string of the molecule is COC[C@H]1CCO[C@H]1C(=O)OC. The van der Waals surface area contributed by atoms with Crippen LogP contribution < -0.4 is 0 Å². The summed E-state index contributed by atoms with van der Waals surface area (Å²) in [5.41, 5.74) is 0. The summed E-state index contributed by atoms with van der Waals surface area (Å²) in [6, 6.07) is 0. The first-order valence-electron chi connectivity index (χ1n) is 3.98. The smallest absolute Gasteiger partial charge is 0.335 e. The van der Waals surface area contributed by atoms with Crippen molar-refractivity contribution in [2.75, 3.05) is 27.4 Å². The van der Waals surface area contributed by atoms with Gasteiger partial charge in [0.1, 0.15) is 0 Å². The molecule has 1 rings (SSSR count). The van der Waals surface area contributed by atoms with Crippen LogP contribution in [0.3, 0.4) is 0 Å². The van der Waals surface area contributed by atoms with Crippen LogP contribution in [0.1, 0.15) is 6.42 Å². The summed E-state index contributed by atoms with van der Waals surface area (Å²) >= 11 is 0. The third-order valence-electron chi connectivity index (χ3n) is 2.03. The largest absolute Gasteiger partial charge is 0.467 e. The Morgan fingerprint density at radius 3 is 2.92 bits per heavy atom. The Labute approximate surface area is 71.8 Å². The van der Waals surface area contributed by atoms with Crippen LogP contribution in [0.5, 0.6) is 0 Å². The minimum atomic E-state index is -0.421. The van der Waals surface area contributed by atoms with Gasteiger partial charge in [-0.1, -0.05) is 0 Å². The number of carbonyl (C=O) groups excluding carboxylic acids is 1. The number of ether oxygens (including phenoxy) is 3. The van der Waals surface area contributed by atoms with E-state index in [4.69, 9.17) is 9.47 Å². The molecule has 0 aromatic carbocycles. The van der Waals surface area contributed by atoms with Gasteiger partial charge in [-0.25, -0.2) is 4.79 Å². The van der Waals surface area contributed by atoms with Crippen molar-refractivity contribution in [3.63, 3.8) is 0 Å². The van der Waals surface area contributed by atoms with Crippen LogP contribution >= 0.6 is 0 Å². The van der Waals surface area contributed by atoms with E-state index >= 15 is 0 Å². The van der Waals surface area contributed by atoms with Gasteiger partial charge in [-0.05, 0) is 6.42 Å². The van der Waals surface area contributed by atoms with Crippen molar-refractivity contribution in [1.29, 1.82) is 0 Å². The predicted molar refractivity (Wildman–Crippen MR) is 41.7 cm³/mol. The molecule has 70 valence electrons. The highest BCUT2D eigenvalue weighted by Gasteiger charge is 2.34. The van der Waals surface area contributed by atoms with Crippen LogP contribution in [-0.4, -0.2) is 39.5 Å². The van der Waals surface area contributed by atoms with Gasteiger partial charge < -0.3 is 14.2 Å². The van der Waals surface area contributed by atoms with Crippen LogP contribution in [0.15, 0.2) is 0 Å². The fraction of sp³-hybridized carbons (Fsp3) is 0.875. The van der Waals surface area contributed by atoms with E-state index in [0.717, 1.165) is 6.42 Å². The molecule has 1 aliphatic rings. The first-order chi connectivity index (χ1) is 5.79. The van der Waals surface area contributed by atoms with E-state index in [0.29, 0.717) is 13.2 Å². The van der Waals surface area contributed by atoms with Crippen LogP contribution in [0, 0.1) is 5.92 Å². The lowest BCUT2D eigenvalue weighted by Crippen LogP contribution is -2.30. The number of methoxy groups -OCH3 is 2. The van der Waals surface area contributed by atoms with E-state index in [9.17, 15) is 4.79 Å². The molecule has 0 aromatic rings. The van der Waals surface area contributed by atoms with E-state index in [1.807, 2.05) is 0 Å². The minimum absolute atomic E-state index is 0.155. The number of hydrogen-bond donors (Lipinski definition) is 0. The van der Waals surface area contributed by atoms with Gasteiger partial charge in [-0.15, -0.1) is 0 Å². The lowest BCUT2D eigenvalue weighted by Gasteiger charge is -2.14. The third-order valence-corrected chi connectivity index (χ3v) is 2.03. The lowest BCUT2D eigenvalue weighted by atomic mass is 10.0. The molecule has 0 saturated carbocycles. The molecule has 2 atom stereocenters. The highest BCUT2D eigenvalue weighted by Crippen LogP contribution is 2.21. The first kappa shape index (κ1) is 9.48. The van der Waals surface area contributed by atoms with E-state index < -0.39 is 6.10 Å². The van der Waals surface area contributed by atoms with Crippen LogP contribution in [0.25, 0.3) is 0 Å². The molecule has 0 aliphatic carbocycles. The summed E-state index contributed by atoms with van der Waals surface area (Å²) in [4.78, 5) is 11.1. The zero-order chi connectivity index (χ0) is 8.97. The van der Waals surface area contributed by atoms with Gasteiger partial charge in [0.25, 0.3) is 0 Å². The summed E-state index contributed by atoms with van der Waals surface area (Å²) in [6.45, 7) is 1.17. The van der Waals surface area contributed by atoms with Crippen molar-refractivity contribution >= 4 is 5.97 Å². The molecular formula is C8H14O4. The van der Waals surface area contributed by atoms with E-state index in [2.05, 4.69) is 4.74 Å². The maximum absolute atomic E-state index is 11.1. The van der Waals surface area contributed by atoms with Gasteiger partial charge in [-0.2, -0.15) is 0 Å². The molecule has 12 heavy (non-hydrogen) atoms. The normalized spacial score (nSPS) is 28.8.